The summed E-state index contributed by atoms with van der Waals surface area (Å²) in [5, 5.41) is 5.09. The van der Waals surface area contributed by atoms with Gasteiger partial charge in [-0.3, -0.25) is 9.48 Å². The summed E-state index contributed by atoms with van der Waals surface area (Å²) >= 11 is 1.77. The third kappa shape index (κ3) is 4.59. The van der Waals surface area contributed by atoms with Gasteiger partial charge in [0.1, 0.15) is 5.75 Å². The van der Waals surface area contributed by atoms with E-state index in [1.54, 1.807) is 18.9 Å². The maximum absolute atomic E-state index is 13.6. The van der Waals surface area contributed by atoms with Gasteiger partial charge in [0, 0.05) is 54.6 Å². The SMILES string of the molecule is COc1ccc2c(c1)SCc1c(C(=O)N3CCOCC3)nn(C3CCCN(CC4CCOC4)C3)c1-2. The molecule has 0 aliphatic carbocycles. The molecule has 0 N–H and O–H groups in total. The van der Waals surface area contributed by atoms with Gasteiger partial charge >= 0.3 is 0 Å². The summed E-state index contributed by atoms with van der Waals surface area (Å²) in [6.07, 6.45) is 3.38. The molecule has 4 aliphatic rings. The van der Waals surface area contributed by atoms with E-state index in [-0.39, 0.29) is 11.9 Å². The fraction of sp³-hybridized carbons (Fsp3) is 0.615. The molecule has 4 aliphatic heterocycles. The van der Waals surface area contributed by atoms with E-state index in [1.165, 1.54) is 4.90 Å². The number of carbonyl (C=O) groups is 1. The summed E-state index contributed by atoms with van der Waals surface area (Å²) in [5.41, 5.74) is 3.98. The molecule has 2 atom stereocenters. The number of rotatable bonds is 5. The number of hydrogen-bond donors (Lipinski definition) is 0. The van der Waals surface area contributed by atoms with Gasteiger partial charge in [0.15, 0.2) is 5.69 Å². The molecule has 0 saturated carbocycles. The normalized spacial score (nSPS) is 24.8. The van der Waals surface area contributed by atoms with Crippen LogP contribution in [-0.2, 0) is 15.2 Å². The van der Waals surface area contributed by atoms with Gasteiger partial charge < -0.3 is 24.0 Å². The van der Waals surface area contributed by atoms with Gasteiger partial charge in [0.2, 0.25) is 0 Å². The maximum atomic E-state index is 13.6. The highest BCUT2D eigenvalue weighted by molar-refractivity contribution is 7.98. The number of morpholine rings is 1. The number of ether oxygens (including phenoxy) is 3. The van der Waals surface area contributed by atoms with Crippen LogP contribution in [0.5, 0.6) is 5.75 Å². The van der Waals surface area contributed by atoms with Crippen molar-refractivity contribution >= 4 is 17.7 Å². The van der Waals surface area contributed by atoms with E-state index in [0.29, 0.717) is 37.9 Å². The summed E-state index contributed by atoms with van der Waals surface area (Å²) in [6, 6.07) is 6.51. The lowest BCUT2D eigenvalue weighted by Gasteiger charge is -2.35. The van der Waals surface area contributed by atoms with Crippen molar-refractivity contribution in [2.24, 2.45) is 5.92 Å². The standard InChI is InChI=1S/C26H34N4O4S/c1-32-20-4-5-21-23(13-20)35-17-22-24(26(31)29-8-11-33-12-9-29)27-30(25(21)22)19-3-2-7-28(15-19)14-18-6-10-34-16-18/h4-5,13,18-19H,2-3,6-12,14-17H2,1H3. The van der Waals surface area contributed by atoms with Crippen molar-refractivity contribution < 1.29 is 19.0 Å². The van der Waals surface area contributed by atoms with E-state index < -0.39 is 0 Å². The summed E-state index contributed by atoms with van der Waals surface area (Å²) in [5.74, 6) is 2.27. The second-order valence-electron chi connectivity index (χ2n) is 9.96. The Hall–Kier alpha value is -2.07. The second kappa shape index (κ2) is 10.1. The van der Waals surface area contributed by atoms with Crippen molar-refractivity contribution in [2.45, 2.75) is 36.0 Å². The first kappa shape index (κ1) is 23.3. The highest BCUT2D eigenvalue weighted by Gasteiger charge is 2.35. The zero-order valence-corrected chi connectivity index (χ0v) is 21.2. The van der Waals surface area contributed by atoms with Crippen LogP contribution in [0, 0.1) is 5.92 Å². The highest BCUT2D eigenvalue weighted by atomic mass is 32.2. The first-order valence-electron chi connectivity index (χ1n) is 12.8. The fourth-order valence-corrected chi connectivity index (χ4v) is 6.92. The van der Waals surface area contributed by atoms with Crippen LogP contribution in [0.1, 0.15) is 41.4 Å². The van der Waals surface area contributed by atoms with Crippen molar-refractivity contribution in [3.05, 3.63) is 29.5 Å². The van der Waals surface area contributed by atoms with Crippen LogP contribution >= 0.6 is 11.8 Å². The first-order valence-corrected chi connectivity index (χ1v) is 13.8. The molecule has 3 fully saturated rings. The van der Waals surface area contributed by atoms with Crippen molar-refractivity contribution in [1.29, 1.82) is 0 Å². The van der Waals surface area contributed by atoms with E-state index in [2.05, 4.69) is 21.7 Å². The molecule has 0 bridgehead atoms. The summed E-state index contributed by atoms with van der Waals surface area (Å²) < 4.78 is 18.8. The smallest absolute Gasteiger partial charge is 0.274 e. The largest absolute Gasteiger partial charge is 0.497 e. The molecule has 5 heterocycles. The molecule has 1 aromatic carbocycles. The third-order valence-electron chi connectivity index (χ3n) is 7.69. The molecule has 188 valence electrons. The molecule has 3 saturated heterocycles. The molecule has 1 aromatic heterocycles. The predicted molar refractivity (Wildman–Crippen MR) is 134 cm³/mol. The topological polar surface area (TPSA) is 69.1 Å². The zero-order chi connectivity index (χ0) is 23.8. The molecule has 2 aromatic rings. The minimum Gasteiger partial charge on any atom is -0.497 e. The number of methoxy groups -OCH3 is 1. The van der Waals surface area contributed by atoms with E-state index in [0.717, 1.165) is 80.4 Å². The average molecular weight is 499 g/mol. The Bertz CT molecular complexity index is 1080. The van der Waals surface area contributed by atoms with Gasteiger partial charge in [-0.2, -0.15) is 5.10 Å². The summed E-state index contributed by atoms with van der Waals surface area (Å²) in [4.78, 5) is 19.3. The van der Waals surface area contributed by atoms with Gasteiger partial charge in [-0.15, -0.1) is 11.8 Å². The number of benzene rings is 1. The molecule has 9 heteroatoms. The number of aromatic nitrogens is 2. The number of nitrogens with zero attached hydrogens (tertiary/aromatic N) is 4. The lowest BCUT2D eigenvalue weighted by molar-refractivity contribution is 0.0297. The molecule has 0 spiro atoms. The lowest BCUT2D eigenvalue weighted by Crippen LogP contribution is -2.41. The van der Waals surface area contributed by atoms with E-state index >= 15 is 0 Å². The molecule has 8 nitrogen and oxygen atoms in total. The molecule has 2 unspecified atom stereocenters. The van der Waals surface area contributed by atoms with Crippen molar-refractivity contribution in [3.63, 3.8) is 0 Å². The van der Waals surface area contributed by atoms with Crippen LogP contribution in [0.15, 0.2) is 23.1 Å². The van der Waals surface area contributed by atoms with Crippen LogP contribution in [-0.4, -0.2) is 91.7 Å². The van der Waals surface area contributed by atoms with Gasteiger partial charge in [-0.1, -0.05) is 0 Å². The first-order chi connectivity index (χ1) is 17.2. The van der Waals surface area contributed by atoms with Crippen molar-refractivity contribution in [1.82, 2.24) is 19.6 Å². The number of carbonyl (C=O) groups excluding carboxylic acids is 1. The zero-order valence-electron chi connectivity index (χ0n) is 20.4. The molecule has 6 rings (SSSR count). The summed E-state index contributed by atoms with van der Waals surface area (Å²) in [7, 11) is 1.70. The van der Waals surface area contributed by atoms with Gasteiger partial charge in [0.25, 0.3) is 5.91 Å². The van der Waals surface area contributed by atoms with Crippen LogP contribution in [0.4, 0.5) is 0 Å². The third-order valence-corrected chi connectivity index (χ3v) is 8.77. The highest BCUT2D eigenvalue weighted by Crippen LogP contribution is 2.46. The lowest BCUT2D eigenvalue weighted by atomic mass is 10.0. The van der Waals surface area contributed by atoms with E-state index in [4.69, 9.17) is 19.3 Å². The number of likely N-dealkylation sites (tertiary alicyclic amines) is 1. The fourth-order valence-electron chi connectivity index (χ4n) is 5.83. The minimum atomic E-state index is 0.0385. The predicted octanol–water partition coefficient (Wildman–Crippen LogP) is 3.31. The van der Waals surface area contributed by atoms with Crippen LogP contribution in [0.2, 0.25) is 0 Å². The second-order valence-corrected chi connectivity index (χ2v) is 11.0. The van der Waals surface area contributed by atoms with Crippen LogP contribution in [0.25, 0.3) is 11.3 Å². The Morgan fingerprint density at radius 3 is 2.86 bits per heavy atom. The molecular formula is C26H34N4O4S. The maximum Gasteiger partial charge on any atom is 0.274 e. The van der Waals surface area contributed by atoms with E-state index in [1.807, 2.05) is 11.0 Å². The Morgan fingerprint density at radius 2 is 2.06 bits per heavy atom. The van der Waals surface area contributed by atoms with Gasteiger partial charge in [-0.25, -0.2) is 0 Å². The molecule has 0 radical (unpaired) electrons. The monoisotopic (exact) mass is 498 g/mol. The Kier molecular flexibility index (Phi) is 6.75. The van der Waals surface area contributed by atoms with Crippen molar-refractivity contribution in [3.8, 4) is 17.0 Å². The number of hydrogen-bond acceptors (Lipinski definition) is 7. The van der Waals surface area contributed by atoms with E-state index in [9.17, 15) is 4.79 Å². The van der Waals surface area contributed by atoms with Crippen molar-refractivity contribution in [2.75, 3.05) is 66.3 Å². The molecular weight excluding hydrogens is 464 g/mol. The number of piperidine rings is 1. The number of thioether (sulfide) groups is 1. The average Bonchev–Trinajstić information content (AvgIpc) is 3.56. The minimum absolute atomic E-state index is 0.0385. The molecule has 1 amide bonds. The Balaban J connectivity index is 1.36. The van der Waals surface area contributed by atoms with Crippen LogP contribution < -0.4 is 4.74 Å². The van der Waals surface area contributed by atoms with Gasteiger partial charge in [-0.05, 0) is 49.9 Å². The van der Waals surface area contributed by atoms with Gasteiger partial charge in [0.05, 0.1) is 38.7 Å². The molecule has 35 heavy (non-hydrogen) atoms. The number of amides is 1. The Morgan fingerprint density at radius 1 is 1.17 bits per heavy atom. The number of fused-ring (bicyclic) bond motifs is 3. The summed E-state index contributed by atoms with van der Waals surface area (Å²) in [6.45, 7) is 7.38. The Labute approximate surface area is 210 Å². The quantitative estimate of drug-likeness (QED) is 0.627. The van der Waals surface area contributed by atoms with Crippen LogP contribution in [0.3, 0.4) is 0 Å².